The lowest BCUT2D eigenvalue weighted by atomic mass is 10.1. The zero-order valence-corrected chi connectivity index (χ0v) is 13.8. The van der Waals surface area contributed by atoms with Crippen molar-refractivity contribution in [2.75, 3.05) is 0 Å². The first-order valence-electron chi connectivity index (χ1n) is 7.92. The van der Waals surface area contributed by atoms with E-state index in [-0.39, 0.29) is 5.56 Å². The summed E-state index contributed by atoms with van der Waals surface area (Å²) in [4.78, 5) is 15.7. The molecule has 2 aromatic carbocycles. The smallest absolute Gasteiger partial charge is 0.244 e. The van der Waals surface area contributed by atoms with Crippen LogP contribution in [0.2, 0.25) is 0 Å². The molecule has 0 saturated carbocycles. The summed E-state index contributed by atoms with van der Waals surface area (Å²) >= 11 is 0. The van der Waals surface area contributed by atoms with Crippen LogP contribution in [0.15, 0.2) is 61.2 Å². The van der Waals surface area contributed by atoms with Crippen molar-refractivity contribution in [1.29, 1.82) is 0 Å². The van der Waals surface area contributed by atoms with Crippen LogP contribution in [0.25, 0.3) is 6.08 Å². The topological polar surface area (TPSA) is 59.8 Å². The van der Waals surface area contributed by atoms with Crippen molar-refractivity contribution >= 4 is 12.0 Å². The molecule has 26 heavy (non-hydrogen) atoms. The van der Waals surface area contributed by atoms with Gasteiger partial charge in [0.05, 0.1) is 6.54 Å². The number of rotatable bonds is 6. The summed E-state index contributed by atoms with van der Waals surface area (Å²) in [5, 5.41) is 6.71. The van der Waals surface area contributed by atoms with Crippen molar-refractivity contribution < 1.29 is 13.6 Å². The molecule has 1 N–H and O–H groups in total. The van der Waals surface area contributed by atoms with Gasteiger partial charge < -0.3 is 5.32 Å². The first-order chi connectivity index (χ1) is 12.6. The van der Waals surface area contributed by atoms with E-state index in [1.807, 2.05) is 24.3 Å². The van der Waals surface area contributed by atoms with E-state index in [9.17, 15) is 13.6 Å². The van der Waals surface area contributed by atoms with Crippen molar-refractivity contribution in [2.24, 2.45) is 0 Å². The van der Waals surface area contributed by atoms with Gasteiger partial charge in [-0.2, -0.15) is 5.10 Å². The number of nitrogens with zero attached hydrogens (tertiary/aromatic N) is 3. The lowest BCUT2D eigenvalue weighted by Crippen LogP contribution is -2.20. The van der Waals surface area contributed by atoms with Crippen LogP contribution in [0.5, 0.6) is 0 Å². The molecule has 1 amide bonds. The van der Waals surface area contributed by atoms with Crippen LogP contribution in [0.1, 0.15) is 16.7 Å². The minimum Gasteiger partial charge on any atom is -0.348 e. The van der Waals surface area contributed by atoms with E-state index in [1.54, 1.807) is 11.0 Å². The Bertz CT molecular complexity index is 886. The van der Waals surface area contributed by atoms with Gasteiger partial charge in [0.1, 0.15) is 24.3 Å². The number of carbonyl (C=O) groups is 1. The highest BCUT2D eigenvalue weighted by Crippen LogP contribution is 2.13. The first-order valence-corrected chi connectivity index (χ1v) is 7.92. The predicted octanol–water partition coefficient (Wildman–Crippen LogP) is 2.93. The molecular weight excluding hydrogens is 338 g/mol. The highest BCUT2D eigenvalue weighted by atomic mass is 19.1. The number of benzene rings is 2. The van der Waals surface area contributed by atoms with Gasteiger partial charge in [0.2, 0.25) is 5.91 Å². The first kappa shape index (κ1) is 17.5. The summed E-state index contributed by atoms with van der Waals surface area (Å²) in [7, 11) is 0. The number of halogens is 2. The number of aromatic nitrogens is 3. The summed E-state index contributed by atoms with van der Waals surface area (Å²) < 4.78 is 28.7. The lowest BCUT2D eigenvalue weighted by molar-refractivity contribution is -0.116. The summed E-state index contributed by atoms with van der Waals surface area (Å²) in [6, 6.07) is 11.2. The molecule has 1 aromatic heterocycles. The minimum atomic E-state index is -0.711. The van der Waals surface area contributed by atoms with Gasteiger partial charge in [-0.05, 0) is 29.3 Å². The van der Waals surface area contributed by atoms with E-state index in [2.05, 4.69) is 15.4 Å². The Morgan fingerprint density at radius 2 is 1.77 bits per heavy atom. The average Bonchev–Trinajstić information content (AvgIpc) is 3.14. The van der Waals surface area contributed by atoms with E-state index in [4.69, 9.17) is 0 Å². The average molecular weight is 354 g/mol. The molecule has 3 aromatic rings. The maximum Gasteiger partial charge on any atom is 0.244 e. The molecule has 0 atom stereocenters. The molecule has 0 unspecified atom stereocenters. The summed E-state index contributed by atoms with van der Waals surface area (Å²) in [5.41, 5.74) is 1.73. The largest absolute Gasteiger partial charge is 0.348 e. The Morgan fingerprint density at radius 3 is 2.42 bits per heavy atom. The molecule has 0 fully saturated rings. The fraction of sp³-hybridized carbons (Fsp3) is 0.105. The highest BCUT2D eigenvalue weighted by molar-refractivity contribution is 5.91. The summed E-state index contributed by atoms with van der Waals surface area (Å²) in [5.74, 6) is -1.85. The SMILES string of the molecule is O=C(/C=C\c1c(F)cccc1F)NCc1ccc(Cn2cncn2)cc1. The highest BCUT2D eigenvalue weighted by Gasteiger charge is 2.05. The third-order valence-electron chi connectivity index (χ3n) is 3.70. The maximum absolute atomic E-state index is 13.5. The second-order valence-electron chi connectivity index (χ2n) is 5.60. The zero-order valence-electron chi connectivity index (χ0n) is 13.8. The molecule has 132 valence electrons. The molecule has 0 saturated heterocycles. The lowest BCUT2D eigenvalue weighted by Gasteiger charge is -2.05. The van der Waals surface area contributed by atoms with Crippen LogP contribution >= 0.6 is 0 Å². The summed E-state index contributed by atoms with van der Waals surface area (Å²) in [6.45, 7) is 0.927. The molecule has 3 rings (SSSR count). The molecule has 0 radical (unpaired) electrons. The second kappa shape index (κ2) is 8.15. The maximum atomic E-state index is 13.5. The van der Waals surface area contributed by atoms with Crippen molar-refractivity contribution in [1.82, 2.24) is 20.1 Å². The number of hydrogen-bond acceptors (Lipinski definition) is 3. The van der Waals surface area contributed by atoms with Crippen LogP contribution < -0.4 is 5.32 Å². The van der Waals surface area contributed by atoms with Crippen molar-refractivity contribution in [3.05, 3.63) is 89.5 Å². The van der Waals surface area contributed by atoms with E-state index in [0.717, 1.165) is 35.4 Å². The number of nitrogens with one attached hydrogen (secondary N) is 1. The predicted molar refractivity (Wildman–Crippen MR) is 92.8 cm³/mol. The Balaban J connectivity index is 1.53. The molecule has 1 heterocycles. The van der Waals surface area contributed by atoms with Crippen LogP contribution in [-0.2, 0) is 17.9 Å². The van der Waals surface area contributed by atoms with Crippen LogP contribution in [0.3, 0.4) is 0 Å². The van der Waals surface area contributed by atoms with Crippen molar-refractivity contribution in [2.45, 2.75) is 13.1 Å². The molecule has 0 bridgehead atoms. The van der Waals surface area contributed by atoms with Crippen molar-refractivity contribution in [3.8, 4) is 0 Å². The van der Waals surface area contributed by atoms with E-state index < -0.39 is 17.5 Å². The van der Waals surface area contributed by atoms with Crippen molar-refractivity contribution in [3.63, 3.8) is 0 Å². The number of amides is 1. The Kier molecular flexibility index (Phi) is 5.48. The van der Waals surface area contributed by atoms with Gasteiger partial charge >= 0.3 is 0 Å². The van der Waals surface area contributed by atoms with Gasteiger partial charge in [-0.15, -0.1) is 0 Å². The zero-order chi connectivity index (χ0) is 18.4. The van der Waals surface area contributed by atoms with Gasteiger partial charge in [-0.3, -0.25) is 4.79 Å². The fourth-order valence-electron chi connectivity index (χ4n) is 2.34. The van der Waals surface area contributed by atoms with Crippen LogP contribution in [-0.4, -0.2) is 20.7 Å². The molecule has 0 spiro atoms. The molecule has 0 aliphatic rings. The van der Waals surface area contributed by atoms with Crippen LogP contribution in [0.4, 0.5) is 8.78 Å². The monoisotopic (exact) mass is 354 g/mol. The Morgan fingerprint density at radius 1 is 1.08 bits per heavy atom. The van der Waals surface area contributed by atoms with Gasteiger partial charge in [-0.25, -0.2) is 18.4 Å². The third kappa shape index (κ3) is 4.60. The minimum absolute atomic E-state index is 0.236. The molecule has 0 aliphatic heterocycles. The molecule has 5 nitrogen and oxygen atoms in total. The molecule has 0 aliphatic carbocycles. The van der Waals surface area contributed by atoms with Crippen LogP contribution in [0, 0.1) is 11.6 Å². The molecular formula is C19H16F2N4O. The second-order valence-corrected chi connectivity index (χ2v) is 5.60. The standard InChI is InChI=1S/C19H16F2N4O/c20-17-2-1-3-18(21)16(17)8-9-19(26)23-10-14-4-6-15(7-5-14)11-25-13-22-12-24-25/h1-9,12-13H,10-11H2,(H,23,26)/b9-8-. The molecule has 7 heteroatoms. The Labute approximate surface area is 149 Å². The van der Waals surface area contributed by atoms with Gasteiger partial charge in [0, 0.05) is 18.2 Å². The number of hydrogen-bond donors (Lipinski definition) is 1. The number of carbonyl (C=O) groups excluding carboxylic acids is 1. The van der Waals surface area contributed by atoms with Gasteiger partial charge in [0.15, 0.2) is 0 Å². The van der Waals surface area contributed by atoms with Gasteiger partial charge in [-0.1, -0.05) is 30.3 Å². The summed E-state index contributed by atoms with van der Waals surface area (Å²) in [6.07, 6.45) is 5.35. The Hall–Kier alpha value is -3.35. The van der Waals surface area contributed by atoms with Gasteiger partial charge in [0.25, 0.3) is 0 Å². The van der Waals surface area contributed by atoms with E-state index >= 15 is 0 Å². The fourth-order valence-corrected chi connectivity index (χ4v) is 2.34. The quantitative estimate of drug-likeness (QED) is 0.693. The third-order valence-corrected chi connectivity index (χ3v) is 3.70. The van der Waals surface area contributed by atoms with E-state index in [0.29, 0.717) is 13.1 Å². The van der Waals surface area contributed by atoms with E-state index in [1.165, 1.54) is 12.4 Å². The normalized spacial score (nSPS) is 11.0.